The zero-order valence-corrected chi connectivity index (χ0v) is 7.67. The van der Waals surface area contributed by atoms with Gasteiger partial charge in [0.2, 0.25) is 5.88 Å². The van der Waals surface area contributed by atoms with Crippen molar-refractivity contribution in [3.8, 4) is 5.88 Å². The van der Waals surface area contributed by atoms with E-state index < -0.39 is 5.97 Å². The Bertz CT molecular complexity index is 350. The molecule has 1 N–H and O–H groups in total. The fourth-order valence-electron chi connectivity index (χ4n) is 0.750. The molecule has 5 nitrogen and oxygen atoms in total. The van der Waals surface area contributed by atoms with E-state index in [2.05, 4.69) is 9.97 Å². The summed E-state index contributed by atoms with van der Waals surface area (Å²) in [4.78, 5) is 17.9. The number of nitrogens with zero attached hydrogens (tertiary/aromatic N) is 2. The smallest absolute Gasteiger partial charge is 0.356 e. The van der Waals surface area contributed by atoms with E-state index >= 15 is 0 Å². The number of aromatic carboxylic acids is 1. The molecular formula is C9H10N2O3. The van der Waals surface area contributed by atoms with Gasteiger partial charge in [-0.25, -0.2) is 9.78 Å². The molecule has 0 saturated heterocycles. The largest absolute Gasteiger partial charge is 0.476 e. The molecule has 1 aromatic heterocycles. The third-order valence-electron chi connectivity index (χ3n) is 1.39. The Morgan fingerprint density at radius 2 is 2.43 bits per heavy atom. The van der Waals surface area contributed by atoms with E-state index in [-0.39, 0.29) is 11.6 Å². The zero-order valence-electron chi connectivity index (χ0n) is 7.67. The van der Waals surface area contributed by atoms with Crippen LogP contribution in [0.25, 0.3) is 0 Å². The average molecular weight is 194 g/mol. The van der Waals surface area contributed by atoms with Crippen molar-refractivity contribution in [2.24, 2.45) is 0 Å². The van der Waals surface area contributed by atoms with Crippen molar-refractivity contribution in [2.45, 2.75) is 6.92 Å². The minimum absolute atomic E-state index is 0.122. The van der Waals surface area contributed by atoms with Crippen molar-refractivity contribution >= 4 is 5.97 Å². The first-order valence-electron chi connectivity index (χ1n) is 4.03. The van der Waals surface area contributed by atoms with Gasteiger partial charge in [-0.2, -0.15) is 0 Å². The molecule has 0 aliphatic carbocycles. The van der Waals surface area contributed by atoms with Crippen LogP contribution in [0, 0.1) is 0 Å². The van der Waals surface area contributed by atoms with Crippen LogP contribution in [0.2, 0.25) is 0 Å². The van der Waals surface area contributed by atoms with Gasteiger partial charge in [0.15, 0.2) is 5.69 Å². The second-order valence-electron chi connectivity index (χ2n) is 2.43. The molecule has 0 amide bonds. The number of hydrogen-bond donors (Lipinski definition) is 1. The molecule has 0 spiro atoms. The van der Waals surface area contributed by atoms with Gasteiger partial charge in [-0.3, -0.25) is 4.98 Å². The number of carboxylic acids is 1. The monoisotopic (exact) mass is 194 g/mol. The van der Waals surface area contributed by atoms with E-state index in [0.717, 1.165) is 0 Å². The third kappa shape index (κ3) is 2.85. The van der Waals surface area contributed by atoms with Gasteiger partial charge in [0.05, 0.1) is 12.4 Å². The molecule has 0 radical (unpaired) electrons. The summed E-state index contributed by atoms with van der Waals surface area (Å²) in [7, 11) is 0. The van der Waals surface area contributed by atoms with Crippen LogP contribution in [-0.4, -0.2) is 27.7 Å². The maximum atomic E-state index is 10.5. The molecule has 0 saturated carbocycles. The van der Waals surface area contributed by atoms with Gasteiger partial charge in [-0.15, -0.1) is 0 Å². The predicted molar refractivity (Wildman–Crippen MR) is 49.3 cm³/mol. The van der Waals surface area contributed by atoms with Crippen molar-refractivity contribution in [3.05, 3.63) is 30.2 Å². The van der Waals surface area contributed by atoms with E-state index in [1.807, 2.05) is 13.0 Å². The molecule has 0 bridgehead atoms. The fraction of sp³-hybridized carbons (Fsp3) is 0.222. The zero-order chi connectivity index (χ0) is 10.4. The number of hydrogen-bond acceptors (Lipinski definition) is 4. The number of aromatic nitrogens is 2. The lowest BCUT2D eigenvalue weighted by Crippen LogP contribution is -2.04. The Hall–Kier alpha value is -1.91. The van der Waals surface area contributed by atoms with Crippen molar-refractivity contribution in [3.63, 3.8) is 0 Å². The molecule has 0 unspecified atom stereocenters. The lowest BCUT2D eigenvalue weighted by molar-refractivity contribution is 0.0688. The highest BCUT2D eigenvalue weighted by atomic mass is 16.5. The summed E-state index contributed by atoms with van der Waals surface area (Å²) in [5.41, 5.74) is -0.122. The third-order valence-corrected chi connectivity index (χ3v) is 1.39. The van der Waals surface area contributed by atoms with Crippen molar-refractivity contribution in [1.29, 1.82) is 0 Å². The van der Waals surface area contributed by atoms with Gasteiger partial charge >= 0.3 is 5.97 Å². The van der Waals surface area contributed by atoms with Gasteiger partial charge in [0.1, 0.15) is 6.61 Å². The fourth-order valence-corrected chi connectivity index (χ4v) is 0.750. The number of rotatable bonds is 4. The number of ether oxygens (including phenoxy) is 1. The number of carboxylic acid groups (broad SMARTS) is 1. The quantitative estimate of drug-likeness (QED) is 0.727. The first-order valence-corrected chi connectivity index (χ1v) is 4.03. The summed E-state index contributed by atoms with van der Waals surface area (Å²) in [5.74, 6) is -0.906. The van der Waals surface area contributed by atoms with Gasteiger partial charge in [0, 0.05) is 0 Å². The highest BCUT2D eigenvalue weighted by Gasteiger charge is 2.05. The molecule has 14 heavy (non-hydrogen) atoms. The van der Waals surface area contributed by atoms with E-state index in [9.17, 15) is 4.79 Å². The molecule has 1 heterocycles. The van der Waals surface area contributed by atoms with Crippen LogP contribution in [0.3, 0.4) is 0 Å². The van der Waals surface area contributed by atoms with Crippen molar-refractivity contribution in [2.75, 3.05) is 6.61 Å². The minimum atomic E-state index is -1.12. The van der Waals surface area contributed by atoms with E-state index in [4.69, 9.17) is 9.84 Å². The topological polar surface area (TPSA) is 72.3 Å². The highest BCUT2D eigenvalue weighted by Crippen LogP contribution is 2.04. The number of allylic oxidation sites excluding steroid dienone is 1. The Labute approximate surface area is 81.1 Å². The molecule has 0 aliphatic rings. The van der Waals surface area contributed by atoms with E-state index in [0.29, 0.717) is 6.61 Å². The first kappa shape index (κ1) is 10.2. The summed E-state index contributed by atoms with van der Waals surface area (Å²) in [5, 5.41) is 8.61. The van der Waals surface area contributed by atoms with Crippen LogP contribution in [-0.2, 0) is 0 Å². The molecular weight excluding hydrogens is 184 g/mol. The van der Waals surface area contributed by atoms with Crippen LogP contribution in [0.1, 0.15) is 17.4 Å². The maximum Gasteiger partial charge on any atom is 0.356 e. The Kier molecular flexibility index (Phi) is 3.60. The molecule has 0 atom stereocenters. The molecule has 1 rings (SSSR count). The van der Waals surface area contributed by atoms with Crippen molar-refractivity contribution < 1.29 is 14.6 Å². The van der Waals surface area contributed by atoms with Gasteiger partial charge in [0.25, 0.3) is 0 Å². The van der Waals surface area contributed by atoms with Crippen LogP contribution in [0.5, 0.6) is 5.88 Å². The number of carbonyl (C=O) groups is 1. The predicted octanol–water partition coefficient (Wildman–Crippen LogP) is 1.13. The second kappa shape index (κ2) is 4.96. The van der Waals surface area contributed by atoms with E-state index in [1.165, 1.54) is 12.4 Å². The second-order valence-corrected chi connectivity index (χ2v) is 2.43. The molecule has 0 aliphatic heterocycles. The Morgan fingerprint density at radius 3 is 3.07 bits per heavy atom. The highest BCUT2D eigenvalue weighted by molar-refractivity contribution is 5.84. The molecule has 0 fully saturated rings. The summed E-state index contributed by atoms with van der Waals surface area (Å²) in [6.07, 6.45) is 6.16. The summed E-state index contributed by atoms with van der Waals surface area (Å²) < 4.78 is 5.11. The van der Waals surface area contributed by atoms with Gasteiger partial charge in [-0.05, 0) is 6.92 Å². The first-order chi connectivity index (χ1) is 6.74. The average Bonchev–Trinajstić information content (AvgIpc) is 2.19. The molecule has 5 heteroatoms. The summed E-state index contributed by atoms with van der Waals surface area (Å²) in [6.45, 7) is 2.22. The molecule has 74 valence electrons. The summed E-state index contributed by atoms with van der Waals surface area (Å²) >= 11 is 0. The molecule has 1 aromatic rings. The minimum Gasteiger partial charge on any atom is -0.476 e. The van der Waals surface area contributed by atoms with Gasteiger partial charge < -0.3 is 9.84 Å². The Balaban J connectivity index is 2.68. The van der Waals surface area contributed by atoms with Crippen LogP contribution in [0.4, 0.5) is 0 Å². The van der Waals surface area contributed by atoms with Crippen LogP contribution in [0.15, 0.2) is 24.5 Å². The van der Waals surface area contributed by atoms with E-state index in [1.54, 1.807) is 6.08 Å². The van der Waals surface area contributed by atoms with Crippen molar-refractivity contribution in [1.82, 2.24) is 9.97 Å². The Morgan fingerprint density at radius 1 is 1.64 bits per heavy atom. The van der Waals surface area contributed by atoms with Crippen LogP contribution < -0.4 is 4.74 Å². The molecule has 0 aromatic carbocycles. The standard InChI is InChI=1S/C9H10N2O3/c1-2-3-4-14-8-6-10-5-7(11-8)9(12)13/h2-3,5-6H,4H2,1H3,(H,12,13). The van der Waals surface area contributed by atoms with Crippen LogP contribution >= 0.6 is 0 Å². The lowest BCUT2D eigenvalue weighted by Gasteiger charge is -2.01. The summed E-state index contributed by atoms with van der Waals surface area (Å²) in [6, 6.07) is 0. The lowest BCUT2D eigenvalue weighted by atomic mass is 10.5. The van der Waals surface area contributed by atoms with Gasteiger partial charge in [-0.1, -0.05) is 12.2 Å². The normalized spacial score (nSPS) is 10.4. The SMILES string of the molecule is CC=CCOc1cncc(C(=O)O)n1. The maximum absolute atomic E-state index is 10.5.